The van der Waals surface area contributed by atoms with E-state index in [0.717, 1.165) is 9.35 Å². The van der Waals surface area contributed by atoms with E-state index < -0.39 is 5.54 Å². The van der Waals surface area contributed by atoms with Crippen LogP contribution in [0.4, 0.5) is 0 Å². The van der Waals surface area contributed by atoms with E-state index in [1.165, 1.54) is 0 Å². The second kappa shape index (κ2) is 3.93. The van der Waals surface area contributed by atoms with E-state index in [4.69, 9.17) is 5.73 Å². The van der Waals surface area contributed by atoms with Gasteiger partial charge in [0.15, 0.2) is 0 Å². The van der Waals surface area contributed by atoms with Crippen molar-refractivity contribution in [1.82, 2.24) is 0 Å². The van der Waals surface area contributed by atoms with Gasteiger partial charge in [0.1, 0.15) is 0 Å². The Hall–Kier alpha value is 0.100. The highest BCUT2D eigenvalue weighted by molar-refractivity contribution is 9.10. The molecule has 4 heteroatoms. The molecule has 1 unspecified atom stereocenters. The molecule has 0 aliphatic heterocycles. The fourth-order valence-electron chi connectivity index (χ4n) is 1.14. The molecule has 0 aromatic carbocycles. The van der Waals surface area contributed by atoms with E-state index >= 15 is 0 Å². The molecule has 0 spiro atoms. The summed E-state index contributed by atoms with van der Waals surface area (Å²) in [6, 6.07) is 1.98. The first-order valence-electron chi connectivity index (χ1n) is 4.46. The highest BCUT2D eigenvalue weighted by atomic mass is 79.9. The van der Waals surface area contributed by atoms with Crippen LogP contribution in [-0.2, 0) is 5.54 Å². The maximum atomic E-state index is 9.33. The monoisotopic (exact) mass is 277 g/mol. The number of aliphatic hydroxyl groups excluding tert-OH is 1. The average Bonchev–Trinajstić information content (AvgIpc) is 2.51. The number of aliphatic hydroxyl groups is 1. The molecule has 3 N–H and O–H groups in total. The number of hydrogen-bond donors (Lipinski definition) is 2. The fraction of sp³-hybridized carbons (Fsp3) is 0.600. The van der Waals surface area contributed by atoms with Crippen LogP contribution >= 0.6 is 27.3 Å². The summed E-state index contributed by atoms with van der Waals surface area (Å²) in [5.41, 5.74) is 5.44. The minimum absolute atomic E-state index is 0.0737. The van der Waals surface area contributed by atoms with Crippen LogP contribution in [0.15, 0.2) is 15.9 Å². The quantitative estimate of drug-likeness (QED) is 0.893. The van der Waals surface area contributed by atoms with Crippen molar-refractivity contribution in [2.75, 3.05) is 6.61 Å². The molecule has 80 valence electrons. The van der Waals surface area contributed by atoms with Gasteiger partial charge in [-0.05, 0) is 34.3 Å². The third kappa shape index (κ3) is 1.89. The third-order valence-electron chi connectivity index (χ3n) is 2.89. The van der Waals surface area contributed by atoms with Crippen molar-refractivity contribution >= 4 is 27.3 Å². The second-order valence-electron chi connectivity index (χ2n) is 4.34. The molecule has 0 amide bonds. The maximum absolute atomic E-state index is 9.33. The smallest absolute Gasteiger partial charge is 0.0560 e. The van der Waals surface area contributed by atoms with Gasteiger partial charge in [-0.2, -0.15) is 0 Å². The minimum Gasteiger partial charge on any atom is -0.396 e. The summed E-state index contributed by atoms with van der Waals surface area (Å²) in [4.78, 5) is 1.08. The van der Waals surface area contributed by atoms with Crippen LogP contribution in [0.25, 0.3) is 0 Å². The Morgan fingerprint density at radius 3 is 2.43 bits per heavy atom. The Morgan fingerprint density at radius 2 is 2.07 bits per heavy atom. The molecule has 2 nitrogen and oxygen atoms in total. The van der Waals surface area contributed by atoms with Crippen molar-refractivity contribution in [2.24, 2.45) is 11.1 Å². The van der Waals surface area contributed by atoms with Gasteiger partial charge < -0.3 is 10.8 Å². The molecule has 1 rings (SSSR count). The molecule has 1 aromatic heterocycles. The van der Waals surface area contributed by atoms with Crippen molar-refractivity contribution < 1.29 is 5.11 Å². The van der Waals surface area contributed by atoms with E-state index in [1.54, 1.807) is 11.3 Å². The van der Waals surface area contributed by atoms with E-state index in [9.17, 15) is 5.11 Å². The summed E-state index contributed by atoms with van der Waals surface area (Å²) in [5.74, 6) is 0. The Balaban J connectivity index is 3.14. The first-order valence-corrected chi connectivity index (χ1v) is 6.13. The Labute approximate surface area is 97.3 Å². The molecular formula is C10H16BrNOS. The summed E-state index contributed by atoms with van der Waals surface area (Å²) in [5, 5.41) is 11.3. The molecule has 1 atom stereocenters. The molecule has 1 heterocycles. The third-order valence-corrected chi connectivity index (χ3v) is 4.97. The van der Waals surface area contributed by atoms with Crippen LogP contribution in [0.2, 0.25) is 0 Å². The Kier molecular flexibility index (Phi) is 3.41. The van der Waals surface area contributed by atoms with Crippen LogP contribution in [-0.4, -0.2) is 11.7 Å². The van der Waals surface area contributed by atoms with Crippen LogP contribution in [0.3, 0.4) is 0 Å². The molecule has 0 saturated heterocycles. The Morgan fingerprint density at radius 1 is 1.50 bits per heavy atom. The summed E-state index contributed by atoms with van der Waals surface area (Å²) in [6.07, 6.45) is 0. The molecule has 1 aromatic rings. The minimum atomic E-state index is -0.519. The summed E-state index contributed by atoms with van der Waals surface area (Å²) in [7, 11) is 0. The zero-order chi connectivity index (χ0) is 11.0. The van der Waals surface area contributed by atoms with Gasteiger partial charge in [0.2, 0.25) is 0 Å². The lowest BCUT2D eigenvalue weighted by molar-refractivity contribution is 0.0827. The van der Waals surface area contributed by atoms with Gasteiger partial charge in [-0.3, -0.25) is 0 Å². The van der Waals surface area contributed by atoms with Gasteiger partial charge in [0.05, 0.1) is 12.1 Å². The van der Waals surface area contributed by atoms with Crippen molar-refractivity contribution in [3.8, 4) is 0 Å². The lowest BCUT2D eigenvalue weighted by Gasteiger charge is -2.39. The van der Waals surface area contributed by atoms with Crippen molar-refractivity contribution in [2.45, 2.75) is 26.3 Å². The van der Waals surface area contributed by atoms with E-state index in [2.05, 4.69) is 15.9 Å². The average molecular weight is 278 g/mol. The topological polar surface area (TPSA) is 46.2 Å². The highest BCUT2D eigenvalue weighted by Gasteiger charge is 2.40. The predicted octanol–water partition coefficient (Wildman–Crippen LogP) is 2.70. The predicted molar refractivity (Wildman–Crippen MR) is 64.4 cm³/mol. The number of thiophene rings is 1. The fourth-order valence-corrected chi connectivity index (χ4v) is 3.18. The van der Waals surface area contributed by atoms with Crippen molar-refractivity contribution in [3.05, 3.63) is 20.8 Å². The summed E-state index contributed by atoms with van der Waals surface area (Å²) < 4.78 is 1.02. The lowest BCUT2D eigenvalue weighted by Crippen LogP contribution is -2.48. The summed E-state index contributed by atoms with van der Waals surface area (Å²) >= 11 is 5.09. The van der Waals surface area contributed by atoms with Gasteiger partial charge >= 0.3 is 0 Å². The van der Waals surface area contributed by atoms with E-state index in [-0.39, 0.29) is 12.0 Å². The number of nitrogens with two attached hydrogens (primary N) is 1. The van der Waals surface area contributed by atoms with Crippen LogP contribution in [0.1, 0.15) is 25.6 Å². The van der Waals surface area contributed by atoms with Crippen LogP contribution in [0.5, 0.6) is 0 Å². The van der Waals surface area contributed by atoms with Crippen LogP contribution < -0.4 is 5.73 Å². The van der Waals surface area contributed by atoms with Crippen molar-refractivity contribution in [1.29, 1.82) is 0 Å². The van der Waals surface area contributed by atoms with Gasteiger partial charge in [-0.15, -0.1) is 11.3 Å². The molecule has 0 saturated carbocycles. The van der Waals surface area contributed by atoms with E-state index in [0.29, 0.717) is 0 Å². The molecule has 0 aliphatic carbocycles. The Bertz CT molecular complexity index is 320. The lowest BCUT2D eigenvalue weighted by atomic mass is 9.74. The number of halogens is 1. The molecule has 14 heavy (non-hydrogen) atoms. The number of rotatable bonds is 3. The second-order valence-corrected chi connectivity index (χ2v) is 6.11. The molecule has 0 radical (unpaired) electrons. The standard InChI is InChI=1S/C10H16BrNOS/c1-9(2,6-13)10(3,12)8-7(11)4-5-14-8/h4-5,13H,6,12H2,1-3H3. The molecular weight excluding hydrogens is 262 g/mol. The largest absolute Gasteiger partial charge is 0.396 e. The van der Waals surface area contributed by atoms with E-state index in [1.807, 2.05) is 32.2 Å². The summed E-state index contributed by atoms with van der Waals surface area (Å²) in [6.45, 7) is 5.97. The number of hydrogen-bond acceptors (Lipinski definition) is 3. The first kappa shape index (κ1) is 12.2. The van der Waals surface area contributed by atoms with Crippen molar-refractivity contribution in [3.63, 3.8) is 0 Å². The molecule has 0 aliphatic rings. The van der Waals surface area contributed by atoms with Crippen LogP contribution in [0, 0.1) is 5.41 Å². The zero-order valence-corrected chi connectivity index (χ0v) is 11.1. The zero-order valence-electron chi connectivity index (χ0n) is 8.67. The van der Waals surface area contributed by atoms with Gasteiger partial charge in [0, 0.05) is 14.8 Å². The first-order chi connectivity index (χ1) is 6.33. The normalized spacial score (nSPS) is 16.7. The maximum Gasteiger partial charge on any atom is 0.0560 e. The highest BCUT2D eigenvalue weighted by Crippen LogP contribution is 2.42. The SMILES string of the molecule is CC(C)(CO)C(C)(N)c1sccc1Br. The van der Waals surface area contributed by atoms with Gasteiger partial charge in [-0.1, -0.05) is 13.8 Å². The molecule has 0 bridgehead atoms. The van der Waals surface area contributed by atoms with Gasteiger partial charge in [0.25, 0.3) is 0 Å². The molecule has 0 fully saturated rings. The van der Waals surface area contributed by atoms with Gasteiger partial charge in [-0.25, -0.2) is 0 Å².